The Hall–Kier alpha value is -0.570. The predicted molar refractivity (Wildman–Crippen MR) is 64.1 cm³/mol. The van der Waals surface area contributed by atoms with Gasteiger partial charge in [0.25, 0.3) is 0 Å². The molecular formula is C12H16BrFO. The number of benzene rings is 1. The van der Waals surface area contributed by atoms with Crippen LogP contribution in [0.3, 0.4) is 0 Å². The highest BCUT2D eigenvalue weighted by atomic mass is 79.9. The summed E-state index contributed by atoms with van der Waals surface area (Å²) in [6.07, 6.45) is 0. The number of rotatable bonds is 2. The van der Waals surface area contributed by atoms with Gasteiger partial charge in [0.1, 0.15) is 11.6 Å². The van der Waals surface area contributed by atoms with E-state index >= 15 is 0 Å². The molecule has 84 valence electrons. The quantitative estimate of drug-likeness (QED) is 0.730. The van der Waals surface area contributed by atoms with Crippen molar-refractivity contribution in [2.45, 2.75) is 25.6 Å². The molecule has 0 aliphatic rings. The molecule has 0 heterocycles. The molecule has 1 nitrogen and oxygen atoms in total. The van der Waals surface area contributed by atoms with Crippen LogP contribution in [-0.4, -0.2) is 7.11 Å². The van der Waals surface area contributed by atoms with Crippen molar-refractivity contribution in [3.05, 3.63) is 29.6 Å². The van der Waals surface area contributed by atoms with Gasteiger partial charge in [-0.05, 0) is 23.6 Å². The molecule has 0 fully saturated rings. The third-order valence-corrected chi connectivity index (χ3v) is 4.09. The van der Waals surface area contributed by atoms with Gasteiger partial charge >= 0.3 is 0 Å². The van der Waals surface area contributed by atoms with Crippen molar-refractivity contribution in [1.82, 2.24) is 0 Å². The van der Waals surface area contributed by atoms with Gasteiger partial charge in [0.15, 0.2) is 0 Å². The Morgan fingerprint density at radius 1 is 1.33 bits per heavy atom. The average Bonchev–Trinajstić information content (AvgIpc) is 2.15. The Balaban J connectivity index is 3.17. The van der Waals surface area contributed by atoms with Crippen LogP contribution in [0.5, 0.6) is 5.75 Å². The molecule has 1 unspecified atom stereocenters. The standard InChI is InChI=1S/C12H16BrFO/c1-12(2,3)11(13)9-7-8(14)5-6-10(9)15-4/h5-7,11H,1-4H3. The molecule has 0 radical (unpaired) electrons. The van der Waals surface area contributed by atoms with E-state index in [0.717, 1.165) is 5.56 Å². The first-order chi connectivity index (χ1) is 6.86. The lowest BCUT2D eigenvalue weighted by atomic mass is 9.87. The summed E-state index contributed by atoms with van der Waals surface area (Å²) in [7, 11) is 1.60. The molecule has 0 amide bonds. The van der Waals surface area contributed by atoms with Gasteiger partial charge in [0.05, 0.1) is 7.11 Å². The van der Waals surface area contributed by atoms with Crippen molar-refractivity contribution in [2.75, 3.05) is 7.11 Å². The smallest absolute Gasteiger partial charge is 0.123 e. The summed E-state index contributed by atoms with van der Waals surface area (Å²) in [6, 6.07) is 4.58. The SMILES string of the molecule is COc1ccc(F)cc1C(Br)C(C)(C)C. The zero-order valence-corrected chi connectivity index (χ0v) is 11.1. The number of hydrogen-bond acceptors (Lipinski definition) is 1. The number of alkyl halides is 1. The topological polar surface area (TPSA) is 9.23 Å². The zero-order valence-electron chi connectivity index (χ0n) is 9.47. The van der Waals surface area contributed by atoms with Crippen molar-refractivity contribution < 1.29 is 9.13 Å². The molecule has 0 saturated heterocycles. The number of halogens is 2. The van der Waals surface area contributed by atoms with Crippen molar-refractivity contribution in [2.24, 2.45) is 5.41 Å². The van der Waals surface area contributed by atoms with Crippen molar-refractivity contribution in [3.63, 3.8) is 0 Å². The third kappa shape index (κ3) is 2.94. The lowest BCUT2D eigenvalue weighted by Crippen LogP contribution is -2.13. The minimum Gasteiger partial charge on any atom is -0.496 e. The summed E-state index contributed by atoms with van der Waals surface area (Å²) >= 11 is 3.59. The predicted octanol–water partition coefficient (Wildman–Crippen LogP) is 4.32. The van der Waals surface area contributed by atoms with Crippen LogP contribution in [0.4, 0.5) is 4.39 Å². The molecule has 0 aromatic heterocycles. The Kier molecular flexibility index (Phi) is 3.77. The Morgan fingerprint density at radius 2 is 1.93 bits per heavy atom. The maximum Gasteiger partial charge on any atom is 0.123 e. The van der Waals surface area contributed by atoms with E-state index in [1.54, 1.807) is 13.2 Å². The summed E-state index contributed by atoms with van der Waals surface area (Å²) in [4.78, 5) is 0.0654. The lowest BCUT2D eigenvalue weighted by molar-refractivity contribution is 0.375. The minimum atomic E-state index is -0.237. The fourth-order valence-corrected chi connectivity index (χ4v) is 1.73. The highest BCUT2D eigenvalue weighted by Crippen LogP contribution is 2.43. The second-order valence-corrected chi connectivity index (χ2v) is 5.53. The summed E-state index contributed by atoms with van der Waals surface area (Å²) in [6.45, 7) is 6.28. The maximum absolute atomic E-state index is 13.2. The van der Waals surface area contributed by atoms with Gasteiger partial charge in [-0.1, -0.05) is 36.7 Å². The molecule has 0 aliphatic heterocycles. The fraction of sp³-hybridized carbons (Fsp3) is 0.500. The second kappa shape index (κ2) is 4.52. The molecule has 0 bridgehead atoms. The van der Waals surface area contributed by atoms with Gasteiger partial charge in [-0.25, -0.2) is 4.39 Å². The molecule has 1 aromatic carbocycles. The van der Waals surface area contributed by atoms with E-state index in [-0.39, 0.29) is 16.1 Å². The van der Waals surface area contributed by atoms with E-state index in [4.69, 9.17) is 4.74 Å². The number of ether oxygens (including phenoxy) is 1. The Bertz CT molecular complexity index is 344. The highest BCUT2D eigenvalue weighted by molar-refractivity contribution is 9.09. The molecule has 3 heteroatoms. The van der Waals surface area contributed by atoms with Crippen LogP contribution in [0.1, 0.15) is 31.2 Å². The van der Waals surface area contributed by atoms with E-state index in [9.17, 15) is 4.39 Å². The van der Waals surface area contributed by atoms with Crippen molar-refractivity contribution in [1.29, 1.82) is 0 Å². The van der Waals surface area contributed by atoms with E-state index in [2.05, 4.69) is 36.7 Å². The Labute approximate surface area is 98.8 Å². The summed E-state index contributed by atoms with van der Waals surface area (Å²) < 4.78 is 18.4. The first kappa shape index (κ1) is 12.5. The van der Waals surface area contributed by atoms with Crippen LogP contribution in [-0.2, 0) is 0 Å². The van der Waals surface area contributed by atoms with Gasteiger partial charge in [-0.3, -0.25) is 0 Å². The molecule has 1 rings (SSSR count). The normalized spacial score (nSPS) is 13.7. The second-order valence-electron chi connectivity index (χ2n) is 4.61. The van der Waals surface area contributed by atoms with Crippen LogP contribution >= 0.6 is 15.9 Å². The summed E-state index contributed by atoms with van der Waals surface area (Å²) in [5.41, 5.74) is 0.867. The first-order valence-corrected chi connectivity index (χ1v) is 5.75. The van der Waals surface area contributed by atoms with Gasteiger partial charge in [-0.2, -0.15) is 0 Å². The van der Waals surface area contributed by atoms with E-state index < -0.39 is 0 Å². The molecule has 0 saturated carbocycles. The zero-order chi connectivity index (χ0) is 11.6. The van der Waals surface area contributed by atoms with E-state index in [0.29, 0.717) is 5.75 Å². The van der Waals surface area contributed by atoms with Crippen LogP contribution < -0.4 is 4.74 Å². The summed E-state index contributed by atoms with van der Waals surface area (Å²) in [5.74, 6) is 0.479. The van der Waals surface area contributed by atoms with Crippen molar-refractivity contribution >= 4 is 15.9 Å². The van der Waals surface area contributed by atoms with Gasteiger partial charge < -0.3 is 4.74 Å². The molecular weight excluding hydrogens is 259 g/mol. The molecule has 1 aromatic rings. The lowest BCUT2D eigenvalue weighted by Gasteiger charge is -2.27. The molecule has 1 atom stereocenters. The maximum atomic E-state index is 13.2. The average molecular weight is 275 g/mol. The molecule has 0 aliphatic carbocycles. The minimum absolute atomic E-state index is 0.0150. The largest absolute Gasteiger partial charge is 0.496 e. The van der Waals surface area contributed by atoms with E-state index in [1.165, 1.54) is 12.1 Å². The number of methoxy groups -OCH3 is 1. The van der Waals surface area contributed by atoms with Gasteiger partial charge in [-0.15, -0.1) is 0 Å². The highest BCUT2D eigenvalue weighted by Gasteiger charge is 2.26. The Morgan fingerprint density at radius 3 is 2.40 bits per heavy atom. The molecule has 0 spiro atoms. The van der Waals surface area contributed by atoms with Gasteiger partial charge in [0.2, 0.25) is 0 Å². The van der Waals surface area contributed by atoms with Crippen LogP contribution in [0.25, 0.3) is 0 Å². The van der Waals surface area contributed by atoms with Crippen LogP contribution in [0.2, 0.25) is 0 Å². The van der Waals surface area contributed by atoms with Crippen molar-refractivity contribution in [3.8, 4) is 5.75 Å². The monoisotopic (exact) mass is 274 g/mol. The van der Waals surface area contributed by atoms with E-state index in [1.807, 2.05) is 0 Å². The molecule has 0 N–H and O–H groups in total. The van der Waals surface area contributed by atoms with Crippen LogP contribution in [0, 0.1) is 11.2 Å². The number of hydrogen-bond donors (Lipinski definition) is 0. The summed E-state index contributed by atoms with van der Waals surface area (Å²) in [5, 5.41) is 0. The first-order valence-electron chi connectivity index (χ1n) is 4.83. The van der Waals surface area contributed by atoms with Gasteiger partial charge in [0, 0.05) is 10.4 Å². The third-order valence-electron chi connectivity index (χ3n) is 2.23. The fourth-order valence-electron chi connectivity index (χ4n) is 1.37. The van der Waals surface area contributed by atoms with Crippen LogP contribution in [0.15, 0.2) is 18.2 Å². The molecule has 15 heavy (non-hydrogen) atoms.